The van der Waals surface area contributed by atoms with Crippen molar-refractivity contribution in [2.24, 2.45) is 0 Å². The molecule has 0 saturated heterocycles. The number of carbonyl (C=O) groups is 1. The first-order valence-electron chi connectivity index (χ1n) is 5.51. The Morgan fingerprint density at radius 2 is 2.00 bits per heavy atom. The summed E-state index contributed by atoms with van der Waals surface area (Å²) in [5.74, 6) is 0.317. The summed E-state index contributed by atoms with van der Waals surface area (Å²) in [7, 11) is 1.73. The van der Waals surface area contributed by atoms with Crippen molar-refractivity contribution in [3.8, 4) is 0 Å². The highest BCUT2D eigenvalue weighted by atomic mass is 79.9. The molecule has 0 fully saturated rings. The topological polar surface area (TPSA) is 54.0 Å². The van der Waals surface area contributed by atoms with Gasteiger partial charge in [-0.25, -0.2) is 4.98 Å². The zero-order valence-corrected chi connectivity index (χ0v) is 13.2. The summed E-state index contributed by atoms with van der Waals surface area (Å²) in [5.41, 5.74) is 1.20. The molecule has 0 aliphatic heterocycles. The van der Waals surface area contributed by atoms with Crippen LogP contribution in [0.4, 0.5) is 11.5 Å². The van der Waals surface area contributed by atoms with E-state index in [1.54, 1.807) is 19.3 Å². The lowest BCUT2D eigenvalue weighted by Crippen LogP contribution is -2.15. The van der Waals surface area contributed by atoms with Gasteiger partial charge < -0.3 is 10.6 Å². The number of hydrogen-bond donors (Lipinski definition) is 2. The Balaban J connectivity index is 2.30. The molecule has 0 bridgehead atoms. The second-order valence-electron chi connectivity index (χ2n) is 3.73. The molecule has 2 N–H and O–H groups in total. The molecule has 4 nitrogen and oxygen atoms in total. The number of carbonyl (C=O) groups excluding carboxylic acids is 1. The van der Waals surface area contributed by atoms with Gasteiger partial charge in [0.2, 0.25) is 0 Å². The molecular weight excluding hydrogens is 374 g/mol. The zero-order chi connectivity index (χ0) is 13.8. The van der Waals surface area contributed by atoms with Crippen LogP contribution in [0, 0.1) is 0 Å². The van der Waals surface area contributed by atoms with E-state index < -0.39 is 0 Å². The van der Waals surface area contributed by atoms with Crippen LogP contribution in [0.1, 0.15) is 10.4 Å². The second kappa shape index (κ2) is 6.16. The molecule has 6 heteroatoms. The van der Waals surface area contributed by atoms with E-state index in [4.69, 9.17) is 0 Å². The molecule has 0 spiro atoms. The van der Waals surface area contributed by atoms with Crippen LogP contribution in [0.3, 0.4) is 0 Å². The highest BCUT2D eigenvalue weighted by Gasteiger charge is 2.13. The lowest BCUT2D eigenvalue weighted by molar-refractivity contribution is 0.102. The first-order valence-corrected chi connectivity index (χ1v) is 7.09. The fourth-order valence-corrected chi connectivity index (χ4v) is 2.28. The van der Waals surface area contributed by atoms with E-state index >= 15 is 0 Å². The summed E-state index contributed by atoms with van der Waals surface area (Å²) in [6.07, 6.45) is 1.64. The molecule has 0 unspecified atom stereocenters. The maximum atomic E-state index is 12.3. The molecule has 1 amide bonds. The van der Waals surface area contributed by atoms with Gasteiger partial charge in [0.25, 0.3) is 5.91 Å². The van der Waals surface area contributed by atoms with E-state index in [0.717, 1.165) is 14.6 Å². The van der Waals surface area contributed by atoms with Crippen molar-refractivity contribution in [3.63, 3.8) is 0 Å². The van der Waals surface area contributed by atoms with E-state index in [1.165, 1.54) is 0 Å². The van der Waals surface area contributed by atoms with Gasteiger partial charge in [0.15, 0.2) is 0 Å². The summed E-state index contributed by atoms with van der Waals surface area (Å²) < 4.78 is 1.58. The third-order valence-corrected chi connectivity index (χ3v) is 3.58. The number of benzene rings is 1. The van der Waals surface area contributed by atoms with Crippen molar-refractivity contribution < 1.29 is 4.79 Å². The minimum absolute atomic E-state index is 0.218. The molecule has 19 heavy (non-hydrogen) atoms. The van der Waals surface area contributed by atoms with Gasteiger partial charge in [-0.1, -0.05) is 12.1 Å². The Bertz CT molecular complexity index is 617. The fraction of sp³-hybridized carbons (Fsp3) is 0.0769. The quantitative estimate of drug-likeness (QED) is 0.843. The molecule has 1 aromatic carbocycles. The highest BCUT2D eigenvalue weighted by molar-refractivity contribution is 9.10. The van der Waals surface area contributed by atoms with Crippen molar-refractivity contribution in [3.05, 3.63) is 51.0 Å². The molecule has 0 radical (unpaired) electrons. The van der Waals surface area contributed by atoms with Crippen LogP contribution in [0.25, 0.3) is 0 Å². The number of anilines is 2. The summed E-state index contributed by atoms with van der Waals surface area (Å²) in [6, 6.07) is 9.17. The smallest absolute Gasteiger partial charge is 0.259 e. The number of aromatic nitrogens is 1. The van der Waals surface area contributed by atoms with Gasteiger partial charge in [0, 0.05) is 22.2 Å². The van der Waals surface area contributed by atoms with Gasteiger partial charge >= 0.3 is 0 Å². The number of halogens is 2. The molecular formula is C13H11Br2N3O. The number of nitrogens with one attached hydrogen (secondary N) is 2. The van der Waals surface area contributed by atoms with E-state index in [1.807, 2.05) is 24.3 Å². The number of pyridine rings is 1. The maximum absolute atomic E-state index is 12.3. The molecule has 1 heterocycles. The van der Waals surface area contributed by atoms with Crippen LogP contribution in [-0.2, 0) is 0 Å². The van der Waals surface area contributed by atoms with Crippen molar-refractivity contribution >= 4 is 49.3 Å². The second-order valence-corrected chi connectivity index (χ2v) is 5.50. The van der Waals surface area contributed by atoms with Crippen LogP contribution in [-0.4, -0.2) is 17.9 Å². The number of rotatable bonds is 3. The van der Waals surface area contributed by atoms with Crippen LogP contribution in [0.5, 0.6) is 0 Å². The summed E-state index contributed by atoms with van der Waals surface area (Å²) in [5, 5.41) is 5.74. The zero-order valence-electron chi connectivity index (χ0n) is 10.1. The summed E-state index contributed by atoms with van der Waals surface area (Å²) in [6.45, 7) is 0. The van der Waals surface area contributed by atoms with Gasteiger partial charge in [-0.15, -0.1) is 0 Å². The molecule has 0 aliphatic rings. The normalized spacial score (nSPS) is 10.1. The average molecular weight is 385 g/mol. The minimum Gasteiger partial charge on any atom is -0.372 e. The molecule has 98 valence electrons. The van der Waals surface area contributed by atoms with Crippen molar-refractivity contribution in [2.75, 3.05) is 17.7 Å². The molecule has 2 rings (SSSR count). The Kier molecular flexibility index (Phi) is 4.55. The number of para-hydroxylation sites is 1. The standard InChI is InChI=1S/C13H11Br2N3O/c1-16-12-9(6-8(14)7-17-12)13(19)18-11-5-3-2-4-10(11)15/h2-7H,1H3,(H,16,17)(H,18,19). The summed E-state index contributed by atoms with van der Waals surface area (Å²) >= 11 is 6.71. The summed E-state index contributed by atoms with van der Waals surface area (Å²) in [4.78, 5) is 16.4. The van der Waals surface area contributed by atoms with Crippen molar-refractivity contribution in [1.29, 1.82) is 0 Å². The Morgan fingerprint density at radius 1 is 1.26 bits per heavy atom. The van der Waals surface area contributed by atoms with Gasteiger partial charge in [-0.3, -0.25) is 4.79 Å². The van der Waals surface area contributed by atoms with E-state index in [2.05, 4.69) is 47.5 Å². The van der Waals surface area contributed by atoms with Crippen LogP contribution >= 0.6 is 31.9 Å². The van der Waals surface area contributed by atoms with Crippen LogP contribution < -0.4 is 10.6 Å². The first kappa shape index (κ1) is 14.0. The largest absolute Gasteiger partial charge is 0.372 e. The van der Waals surface area contributed by atoms with Crippen molar-refractivity contribution in [2.45, 2.75) is 0 Å². The van der Waals surface area contributed by atoms with Crippen molar-refractivity contribution in [1.82, 2.24) is 4.98 Å². The lowest BCUT2D eigenvalue weighted by Gasteiger charge is -2.10. The molecule has 0 saturated carbocycles. The molecule has 1 aromatic heterocycles. The van der Waals surface area contributed by atoms with Gasteiger partial charge in [0.05, 0.1) is 11.3 Å². The van der Waals surface area contributed by atoms with E-state index in [9.17, 15) is 4.79 Å². The number of hydrogen-bond acceptors (Lipinski definition) is 3. The Labute approximate surface area is 127 Å². The predicted octanol–water partition coefficient (Wildman–Crippen LogP) is 3.90. The number of nitrogens with zero attached hydrogens (tertiary/aromatic N) is 1. The first-order chi connectivity index (χ1) is 9.11. The minimum atomic E-state index is -0.218. The van der Waals surface area contributed by atoms with E-state index in [0.29, 0.717) is 11.4 Å². The fourth-order valence-electron chi connectivity index (χ4n) is 1.56. The predicted molar refractivity (Wildman–Crippen MR) is 83.6 cm³/mol. The highest BCUT2D eigenvalue weighted by Crippen LogP contribution is 2.24. The van der Waals surface area contributed by atoms with Gasteiger partial charge in [0.1, 0.15) is 5.82 Å². The lowest BCUT2D eigenvalue weighted by atomic mass is 10.2. The third kappa shape index (κ3) is 3.33. The maximum Gasteiger partial charge on any atom is 0.259 e. The Hall–Kier alpha value is -1.40. The monoisotopic (exact) mass is 383 g/mol. The van der Waals surface area contributed by atoms with Crippen LogP contribution in [0.2, 0.25) is 0 Å². The average Bonchev–Trinajstić information content (AvgIpc) is 2.41. The number of amides is 1. The molecule has 0 aliphatic carbocycles. The van der Waals surface area contributed by atoms with Gasteiger partial charge in [-0.2, -0.15) is 0 Å². The van der Waals surface area contributed by atoms with Crippen LogP contribution in [0.15, 0.2) is 45.5 Å². The molecule has 0 atom stereocenters. The van der Waals surface area contributed by atoms with Gasteiger partial charge in [-0.05, 0) is 50.1 Å². The third-order valence-electron chi connectivity index (χ3n) is 2.46. The SMILES string of the molecule is CNc1ncc(Br)cc1C(=O)Nc1ccccc1Br. The Morgan fingerprint density at radius 3 is 2.68 bits per heavy atom. The molecule has 2 aromatic rings. The van der Waals surface area contributed by atoms with E-state index in [-0.39, 0.29) is 5.91 Å².